The lowest BCUT2D eigenvalue weighted by Crippen LogP contribution is -2.44. The van der Waals surface area contributed by atoms with Gasteiger partial charge in [0.15, 0.2) is 0 Å². The molecule has 6 heteroatoms. The van der Waals surface area contributed by atoms with Crippen LogP contribution in [0.25, 0.3) is 16.3 Å². The molecule has 5 rings (SSSR count). The minimum Gasteiger partial charge on any atom is -0.354 e. The van der Waals surface area contributed by atoms with Crippen molar-refractivity contribution in [1.29, 1.82) is 0 Å². The van der Waals surface area contributed by atoms with Crippen molar-refractivity contribution in [2.24, 2.45) is 4.99 Å². The molecule has 6 nitrogen and oxygen atoms in total. The highest BCUT2D eigenvalue weighted by Crippen LogP contribution is 2.31. The van der Waals surface area contributed by atoms with Crippen LogP contribution in [0.2, 0.25) is 0 Å². The summed E-state index contributed by atoms with van der Waals surface area (Å²) in [5.41, 5.74) is 3.40. The normalized spacial score (nSPS) is 22.2. The Hall–Kier alpha value is -2.73. The summed E-state index contributed by atoms with van der Waals surface area (Å²) in [5.74, 6) is 2.15. The summed E-state index contributed by atoms with van der Waals surface area (Å²) in [6.07, 6.45) is 16.8. The van der Waals surface area contributed by atoms with Gasteiger partial charge in [0.05, 0.1) is 11.7 Å². The molecule has 32 heavy (non-hydrogen) atoms. The van der Waals surface area contributed by atoms with Crippen LogP contribution in [0.1, 0.15) is 57.6 Å². The van der Waals surface area contributed by atoms with Gasteiger partial charge in [-0.05, 0) is 37.5 Å². The monoisotopic (exact) mass is 430 g/mol. The third-order valence-corrected chi connectivity index (χ3v) is 6.85. The number of amidine groups is 1. The van der Waals surface area contributed by atoms with Crippen molar-refractivity contribution < 1.29 is 0 Å². The highest BCUT2D eigenvalue weighted by atomic mass is 15.2. The van der Waals surface area contributed by atoms with Gasteiger partial charge in [-0.25, -0.2) is 4.98 Å². The van der Waals surface area contributed by atoms with Gasteiger partial charge in [0.1, 0.15) is 11.7 Å². The van der Waals surface area contributed by atoms with E-state index in [1.54, 1.807) is 0 Å². The Kier molecular flexibility index (Phi) is 6.49. The Morgan fingerprint density at radius 3 is 2.72 bits per heavy atom. The Morgan fingerprint density at radius 2 is 1.91 bits per heavy atom. The molecule has 2 aromatic rings. The molecule has 3 aliphatic rings. The highest BCUT2D eigenvalue weighted by Gasteiger charge is 2.19. The van der Waals surface area contributed by atoms with Gasteiger partial charge in [-0.15, -0.1) is 0 Å². The SMILES string of the molecule is CC1=CNC(=NC2CCCCCC2)CC=C1c1cc2cnccc2c(N2CCNCC2)n1. The smallest absolute Gasteiger partial charge is 0.137 e. The second-order valence-electron chi connectivity index (χ2n) is 9.18. The maximum absolute atomic E-state index is 5.19. The Labute approximate surface area is 190 Å². The van der Waals surface area contributed by atoms with E-state index in [-0.39, 0.29) is 0 Å². The lowest BCUT2D eigenvalue weighted by molar-refractivity contribution is 0.583. The van der Waals surface area contributed by atoms with Crippen LogP contribution in [0.4, 0.5) is 5.82 Å². The Bertz CT molecular complexity index is 1040. The first-order valence-electron chi connectivity index (χ1n) is 12.2. The molecule has 0 spiro atoms. The van der Waals surface area contributed by atoms with Crippen LogP contribution in [-0.4, -0.2) is 48.0 Å². The average Bonchev–Trinajstić information content (AvgIpc) is 3.20. The van der Waals surface area contributed by atoms with Gasteiger partial charge in [-0.3, -0.25) is 9.98 Å². The van der Waals surface area contributed by atoms with Crippen molar-refractivity contribution in [3.63, 3.8) is 0 Å². The second-order valence-corrected chi connectivity index (χ2v) is 9.18. The third kappa shape index (κ3) is 4.70. The first kappa shape index (κ1) is 21.1. The molecule has 2 fully saturated rings. The predicted octanol–water partition coefficient (Wildman–Crippen LogP) is 4.44. The maximum Gasteiger partial charge on any atom is 0.137 e. The van der Waals surface area contributed by atoms with Crippen molar-refractivity contribution in [2.75, 3.05) is 31.1 Å². The zero-order valence-corrected chi connectivity index (χ0v) is 19.1. The van der Waals surface area contributed by atoms with Gasteiger partial charge >= 0.3 is 0 Å². The minimum atomic E-state index is 0.466. The zero-order chi connectivity index (χ0) is 21.8. The molecule has 0 bridgehead atoms. The fraction of sp³-hybridized carbons (Fsp3) is 0.500. The van der Waals surface area contributed by atoms with E-state index in [0.29, 0.717) is 6.04 Å². The van der Waals surface area contributed by atoms with Gasteiger partial charge in [0, 0.05) is 67.5 Å². The van der Waals surface area contributed by atoms with E-state index < -0.39 is 0 Å². The summed E-state index contributed by atoms with van der Waals surface area (Å²) in [4.78, 5) is 17.1. The molecule has 0 atom stereocenters. The number of nitrogens with zero attached hydrogens (tertiary/aromatic N) is 4. The molecule has 0 unspecified atom stereocenters. The number of hydrogen-bond acceptors (Lipinski definition) is 5. The second kappa shape index (κ2) is 9.82. The summed E-state index contributed by atoms with van der Waals surface area (Å²) in [6, 6.07) is 4.74. The fourth-order valence-corrected chi connectivity index (χ4v) is 5.03. The molecule has 2 aromatic heterocycles. The Balaban J connectivity index is 1.48. The maximum atomic E-state index is 5.19. The van der Waals surface area contributed by atoms with Crippen molar-refractivity contribution >= 4 is 28.0 Å². The quantitative estimate of drug-likeness (QED) is 0.705. The molecule has 0 amide bonds. The minimum absolute atomic E-state index is 0.466. The topological polar surface area (TPSA) is 65.4 Å². The summed E-state index contributed by atoms with van der Waals surface area (Å²) in [6.45, 7) is 6.09. The van der Waals surface area contributed by atoms with Crippen LogP contribution in [0.5, 0.6) is 0 Å². The van der Waals surface area contributed by atoms with E-state index in [2.05, 4.69) is 51.8 Å². The van der Waals surface area contributed by atoms with Crippen molar-refractivity contribution in [3.05, 3.63) is 48.1 Å². The van der Waals surface area contributed by atoms with Crippen LogP contribution in [0.3, 0.4) is 0 Å². The molecule has 2 aliphatic heterocycles. The van der Waals surface area contributed by atoms with E-state index in [9.17, 15) is 0 Å². The number of anilines is 1. The zero-order valence-electron chi connectivity index (χ0n) is 19.1. The molecule has 1 saturated carbocycles. The van der Waals surface area contributed by atoms with E-state index in [0.717, 1.165) is 55.3 Å². The van der Waals surface area contributed by atoms with E-state index in [1.165, 1.54) is 55.1 Å². The molecule has 2 N–H and O–H groups in total. The predicted molar refractivity (Wildman–Crippen MR) is 133 cm³/mol. The van der Waals surface area contributed by atoms with Crippen LogP contribution in [-0.2, 0) is 0 Å². The first-order valence-corrected chi connectivity index (χ1v) is 12.2. The highest BCUT2D eigenvalue weighted by molar-refractivity contribution is 5.96. The number of aromatic nitrogens is 2. The lowest BCUT2D eigenvalue weighted by Gasteiger charge is -2.30. The summed E-state index contributed by atoms with van der Waals surface area (Å²) < 4.78 is 0. The van der Waals surface area contributed by atoms with Crippen LogP contribution in [0, 0.1) is 0 Å². The largest absolute Gasteiger partial charge is 0.354 e. The summed E-state index contributed by atoms with van der Waals surface area (Å²) in [7, 11) is 0. The number of nitrogens with one attached hydrogen (secondary N) is 2. The van der Waals surface area contributed by atoms with Crippen molar-refractivity contribution in [2.45, 2.75) is 57.9 Å². The van der Waals surface area contributed by atoms with Gasteiger partial charge in [-0.1, -0.05) is 31.8 Å². The van der Waals surface area contributed by atoms with Gasteiger partial charge < -0.3 is 15.5 Å². The Morgan fingerprint density at radius 1 is 1.09 bits per heavy atom. The molecular weight excluding hydrogens is 396 g/mol. The fourth-order valence-electron chi connectivity index (χ4n) is 5.03. The summed E-state index contributed by atoms with van der Waals surface area (Å²) in [5, 5.41) is 9.25. The molecule has 1 aliphatic carbocycles. The number of allylic oxidation sites excluding steroid dienone is 2. The molecule has 4 heterocycles. The molecule has 168 valence electrons. The average molecular weight is 431 g/mol. The van der Waals surface area contributed by atoms with Crippen LogP contribution < -0.4 is 15.5 Å². The standard InChI is InChI=1S/C26H34N6/c1-19-17-29-25(30-21-6-4-2-3-5-7-21)9-8-22(19)24-16-20-18-28-11-10-23(20)26(31-24)32-14-12-27-13-15-32/h8,10-11,16-18,21,27H,2-7,9,12-15H2,1H3,(H,29,30). The van der Waals surface area contributed by atoms with E-state index in [4.69, 9.17) is 9.98 Å². The van der Waals surface area contributed by atoms with Gasteiger partial charge in [0.25, 0.3) is 0 Å². The lowest BCUT2D eigenvalue weighted by atomic mass is 10.0. The van der Waals surface area contributed by atoms with Crippen molar-refractivity contribution in [3.8, 4) is 0 Å². The van der Waals surface area contributed by atoms with Gasteiger partial charge in [-0.2, -0.15) is 0 Å². The van der Waals surface area contributed by atoms with Crippen LogP contribution >= 0.6 is 0 Å². The molecular formula is C26H34N6. The summed E-state index contributed by atoms with van der Waals surface area (Å²) >= 11 is 0. The number of rotatable bonds is 3. The number of fused-ring (bicyclic) bond motifs is 1. The van der Waals surface area contributed by atoms with Gasteiger partial charge in [0.2, 0.25) is 0 Å². The number of pyridine rings is 2. The molecule has 0 aromatic carbocycles. The number of hydrogen-bond donors (Lipinski definition) is 2. The van der Waals surface area contributed by atoms with Crippen LogP contribution in [0.15, 0.2) is 47.4 Å². The van der Waals surface area contributed by atoms with Crippen molar-refractivity contribution in [1.82, 2.24) is 20.6 Å². The first-order chi connectivity index (χ1) is 15.8. The third-order valence-electron chi connectivity index (χ3n) is 6.85. The molecule has 0 radical (unpaired) electrons. The number of piperazine rings is 1. The van der Waals surface area contributed by atoms with E-state index >= 15 is 0 Å². The van der Waals surface area contributed by atoms with E-state index in [1.807, 2.05) is 12.4 Å². The number of aliphatic imine (C=N–C) groups is 1. The molecule has 1 saturated heterocycles.